The van der Waals surface area contributed by atoms with Crippen LogP contribution in [0.15, 0.2) is 79.3 Å². The number of ether oxygens (including phenoxy) is 1. The smallest absolute Gasteiger partial charge is 0.274 e. The molecule has 1 N–H and O–H groups in total. The lowest BCUT2D eigenvalue weighted by Gasteiger charge is -2.09. The minimum absolute atomic E-state index is 0.238. The van der Waals surface area contributed by atoms with Gasteiger partial charge in [0, 0.05) is 18.0 Å². The summed E-state index contributed by atoms with van der Waals surface area (Å²) >= 11 is 6.09. The fraction of sp³-hybridized carbons (Fsp3) is 0.0870. The number of pyridine rings is 1. The van der Waals surface area contributed by atoms with E-state index in [1.54, 1.807) is 59.5 Å². The third-order valence-electron chi connectivity index (χ3n) is 4.47. The van der Waals surface area contributed by atoms with Crippen molar-refractivity contribution in [1.29, 1.82) is 0 Å². The summed E-state index contributed by atoms with van der Waals surface area (Å²) in [6.07, 6.45) is 4.68. The molecule has 0 unspecified atom stereocenters. The van der Waals surface area contributed by atoms with Crippen molar-refractivity contribution in [2.75, 3.05) is 5.32 Å². The SMILES string of the molecule is O=C(Nc1cnn(Cc2ccccc2F)c1)c1cc(COc2ccccc2Cl)ccn1. The van der Waals surface area contributed by atoms with Gasteiger partial charge >= 0.3 is 0 Å². The highest BCUT2D eigenvalue weighted by Gasteiger charge is 2.11. The zero-order valence-electron chi connectivity index (χ0n) is 16.3. The Kier molecular flexibility index (Phi) is 6.24. The largest absolute Gasteiger partial charge is 0.487 e. The number of rotatable bonds is 7. The summed E-state index contributed by atoms with van der Waals surface area (Å²) in [7, 11) is 0. The molecule has 8 heteroatoms. The number of benzene rings is 2. The van der Waals surface area contributed by atoms with Crippen LogP contribution in [0.3, 0.4) is 0 Å². The molecule has 2 heterocycles. The molecule has 0 fully saturated rings. The van der Waals surface area contributed by atoms with Gasteiger partial charge in [-0.15, -0.1) is 0 Å². The monoisotopic (exact) mass is 436 g/mol. The van der Waals surface area contributed by atoms with Crippen LogP contribution in [-0.4, -0.2) is 20.7 Å². The van der Waals surface area contributed by atoms with Crippen molar-refractivity contribution < 1.29 is 13.9 Å². The van der Waals surface area contributed by atoms with Crippen LogP contribution in [0.4, 0.5) is 10.1 Å². The molecule has 4 rings (SSSR count). The number of nitrogens with zero attached hydrogens (tertiary/aromatic N) is 3. The number of nitrogens with one attached hydrogen (secondary N) is 1. The average Bonchev–Trinajstić information content (AvgIpc) is 3.22. The Bertz CT molecular complexity index is 1210. The maximum Gasteiger partial charge on any atom is 0.274 e. The summed E-state index contributed by atoms with van der Waals surface area (Å²) < 4.78 is 21.1. The minimum atomic E-state index is -0.384. The van der Waals surface area contributed by atoms with Gasteiger partial charge in [0.1, 0.15) is 23.9 Å². The number of hydrogen-bond donors (Lipinski definition) is 1. The van der Waals surface area contributed by atoms with E-state index < -0.39 is 0 Å². The van der Waals surface area contributed by atoms with Gasteiger partial charge in [-0.2, -0.15) is 5.10 Å². The molecule has 0 aliphatic rings. The van der Waals surface area contributed by atoms with Crippen LogP contribution in [-0.2, 0) is 13.2 Å². The van der Waals surface area contributed by atoms with Gasteiger partial charge in [0.25, 0.3) is 5.91 Å². The Labute approximate surface area is 183 Å². The third kappa shape index (κ3) is 5.26. The predicted molar refractivity (Wildman–Crippen MR) is 116 cm³/mol. The van der Waals surface area contributed by atoms with Gasteiger partial charge in [-0.3, -0.25) is 14.5 Å². The molecule has 1 amide bonds. The first kappa shape index (κ1) is 20.6. The molecular formula is C23H18ClFN4O2. The lowest BCUT2D eigenvalue weighted by atomic mass is 10.2. The van der Waals surface area contributed by atoms with Crippen LogP contribution in [0.25, 0.3) is 0 Å². The summed E-state index contributed by atoms with van der Waals surface area (Å²) in [5, 5.41) is 7.43. The minimum Gasteiger partial charge on any atom is -0.487 e. The molecule has 31 heavy (non-hydrogen) atoms. The number of carbonyl (C=O) groups excluding carboxylic acids is 1. The Morgan fingerprint density at radius 3 is 2.77 bits per heavy atom. The van der Waals surface area contributed by atoms with Gasteiger partial charge in [0.05, 0.1) is 23.5 Å². The van der Waals surface area contributed by atoms with E-state index in [-0.39, 0.29) is 30.6 Å². The highest BCUT2D eigenvalue weighted by molar-refractivity contribution is 6.32. The number of halogens is 2. The molecule has 0 bridgehead atoms. The van der Waals surface area contributed by atoms with Gasteiger partial charge in [-0.05, 0) is 35.9 Å². The molecule has 2 aromatic heterocycles. The van der Waals surface area contributed by atoms with Crippen LogP contribution in [0.5, 0.6) is 5.75 Å². The topological polar surface area (TPSA) is 69.0 Å². The summed E-state index contributed by atoms with van der Waals surface area (Å²) in [6.45, 7) is 0.503. The van der Waals surface area contributed by atoms with Crippen LogP contribution < -0.4 is 10.1 Å². The molecule has 0 spiro atoms. The lowest BCUT2D eigenvalue weighted by Crippen LogP contribution is -2.14. The maximum absolute atomic E-state index is 13.8. The molecular weight excluding hydrogens is 419 g/mol. The Morgan fingerprint density at radius 1 is 1.13 bits per heavy atom. The predicted octanol–water partition coefficient (Wildman–Crippen LogP) is 4.95. The number of anilines is 1. The fourth-order valence-corrected chi connectivity index (χ4v) is 3.11. The number of aromatic nitrogens is 3. The molecule has 0 saturated heterocycles. The molecule has 0 saturated carbocycles. The first-order valence-electron chi connectivity index (χ1n) is 9.48. The van der Waals surface area contributed by atoms with Gasteiger partial charge in [-0.1, -0.05) is 41.9 Å². The molecule has 156 valence electrons. The van der Waals surface area contributed by atoms with Gasteiger partial charge < -0.3 is 10.1 Å². The van der Waals surface area contributed by atoms with E-state index in [0.717, 1.165) is 5.56 Å². The Morgan fingerprint density at radius 2 is 1.94 bits per heavy atom. The van der Waals surface area contributed by atoms with Gasteiger partial charge in [0.2, 0.25) is 0 Å². The van der Waals surface area contributed by atoms with E-state index >= 15 is 0 Å². The normalized spacial score (nSPS) is 10.6. The highest BCUT2D eigenvalue weighted by Crippen LogP contribution is 2.24. The average molecular weight is 437 g/mol. The zero-order chi connectivity index (χ0) is 21.6. The van der Waals surface area contributed by atoms with Crippen molar-refractivity contribution in [3.63, 3.8) is 0 Å². The van der Waals surface area contributed by atoms with E-state index in [9.17, 15) is 9.18 Å². The third-order valence-corrected chi connectivity index (χ3v) is 4.78. The fourth-order valence-electron chi connectivity index (χ4n) is 2.92. The lowest BCUT2D eigenvalue weighted by molar-refractivity contribution is 0.102. The van der Waals surface area contributed by atoms with Crippen molar-refractivity contribution in [1.82, 2.24) is 14.8 Å². The van der Waals surface area contributed by atoms with E-state index in [2.05, 4.69) is 15.4 Å². The van der Waals surface area contributed by atoms with Crippen LogP contribution in [0.1, 0.15) is 21.6 Å². The van der Waals surface area contributed by atoms with Gasteiger partial charge in [-0.25, -0.2) is 4.39 Å². The molecule has 0 atom stereocenters. The van der Waals surface area contributed by atoms with Crippen molar-refractivity contribution in [3.05, 3.63) is 107 Å². The van der Waals surface area contributed by atoms with Crippen LogP contribution in [0.2, 0.25) is 5.02 Å². The van der Waals surface area contributed by atoms with Crippen LogP contribution >= 0.6 is 11.6 Å². The summed E-state index contributed by atoms with van der Waals surface area (Å²) in [4.78, 5) is 16.7. The first-order valence-corrected chi connectivity index (χ1v) is 9.86. The zero-order valence-corrected chi connectivity index (χ0v) is 17.1. The van der Waals surface area contributed by atoms with Crippen molar-refractivity contribution in [2.24, 2.45) is 0 Å². The number of para-hydroxylation sites is 1. The summed E-state index contributed by atoms with van der Waals surface area (Å²) in [6, 6.07) is 17.1. The van der Waals surface area contributed by atoms with Gasteiger partial charge in [0.15, 0.2) is 0 Å². The second-order valence-corrected chi connectivity index (χ2v) is 7.15. The number of amides is 1. The molecule has 0 radical (unpaired) electrons. The first-order chi connectivity index (χ1) is 15.1. The molecule has 2 aromatic carbocycles. The highest BCUT2D eigenvalue weighted by atomic mass is 35.5. The molecule has 0 aliphatic carbocycles. The van der Waals surface area contributed by atoms with Crippen LogP contribution in [0, 0.1) is 5.82 Å². The quantitative estimate of drug-likeness (QED) is 0.445. The molecule has 6 nitrogen and oxygen atoms in total. The second kappa shape index (κ2) is 9.40. The van der Waals surface area contributed by atoms with Crippen molar-refractivity contribution >= 4 is 23.2 Å². The van der Waals surface area contributed by atoms with E-state index in [1.807, 2.05) is 12.1 Å². The van der Waals surface area contributed by atoms with E-state index in [1.165, 1.54) is 12.3 Å². The number of carbonyl (C=O) groups is 1. The number of hydrogen-bond acceptors (Lipinski definition) is 4. The van der Waals surface area contributed by atoms with Crippen molar-refractivity contribution in [2.45, 2.75) is 13.2 Å². The van der Waals surface area contributed by atoms with E-state index in [4.69, 9.17) is 16.3 Å². The Balaban J connectivity index is 1.39. The summed E-state index contributed by atoms with van der Waals surface area (Å²) in [5.41, 5.74) is 2.01. The molecule has 4 aromatic rings. The maximum atomic E-state index is 13.8. The standard InChI is InChI=1S/C23H18ClFN4O2/c24-19-6-2-4-8-22(19)31-15-16-9-10-26-21(11-16)23(30)28-18-12-27-29(14-18)13-17-5-1-3-7-20(17)25/h1-12,14H,13,15H2,(H,28,30). The second-order valence-electron chi connectivity index (χ2n) is 6.74. The Hall–Kier alpha value is -3.71. The van der Waals surface area contributed by atoms with Crippen molar-refractivity contribution in [3.8, 4) is 5.75 Å². The van der Waals surface area contributed by atoms with E-state index in [0.29, 0.717) is 22.0 Å². The summed E-state index contributed by atoms with van der Waals surface area (Å²) in [5.74, 6) is -0.122. The molecule has 0 aliphatic heterocycles.